The van der Waals surface area contributed by atoms with Gasteiger partial charge in [-0.15, -0.1) is 0 Å². The van der Waals surface area contributed by atoms with Crippen molar-refractivity contribution in [3.05, 3.63) is 0 Å². The van der Waals surface area contributed by atoms with Crippen molar-refractivity contribution < 1.29 is 14.2 Å². The molecule has 2 bridgehead atoms. The third kappa shape index (κ3) is 1.46. The first-order chi connectivity index (χ1) is 6.97. The zero-order valence-corrected chi connectivity index (χ0v) is 9.95. The van der Waals surface area contributed by atoms with Crippen LogP contribution in [0.2, 0.25) is 0 Å². The zero-order chi connectivity index (χ0) is 11.3. The summed E-state index contributed by atoms with van der Waals surface area (Å²) in [5, 5.41) is 0. The van der Waals surface area contributed by atoms with Gasteiger partial charge in [0, 0.05) is 26.1 Å². The van der Waals surface area contributed by atoms with Crippen LogP contribution in [0.4, 0.5) is 0 Å². The van der Waals surface area contributed by atoms with Crippen molar-refractivity contribution in [3.63, 3.8) is 0 Å². The molecule has 2 aliphatic rings. The van der Waals surface area contributed by atoms with Crippen molar-refractivity contribution in [2.24, 2.45) is 11.3 Å². The van der Waals surface area contributed by atoms with Crippen LogP contribution in [-0.2, 0) is 14.2 Å². The maximum absolute atomic E-state index is 6.02. The van der Waals surface area contributed by atoms with E-state index in [0.29, 0.717) is 6.61 Å². The van der Waals surface area contributed by atoms with E-state index in [-0.39, 0.29) is 29.0 Å². The van der Waals surface area contributed by atoms with Gasteiger partial charge in [-0.2, -0.15) is 0 Å². The van der Waals surface area contributed by atoms with Crippen LogP contribution in [0.1, 0.15) is 20.3 Å². The maximum atomic E-state index is 6.02. The lowest BCUT2D eigenvalue weighted by atomic mass is 9.71. The average molecular weight is 210 g/mol. The predicted octanol–water partition coefficient (Wildman–Crippen LogP) is 0.957. The Morgan fingerprint density at radius 3 is 2.53 bits per heavy atom. The molecule has 0 amide bonds. The van der Waals surface area contributed by atoms with Crippen molar-refractivity contribution in [3.8, 4) is 0 Å². The Hall–Kier alpha value is -0.0551. The molecule has 1 heterocycles. The summed E-state index contributed by atoms with van der Waals surface area (Å²) in [5.41, 5.74) is -0.173. The molecule has 2 unspecified atom stereocenters. The zero-order valence-electron chi connectivity index (χ0n) is 9.95. The highest BCUT2D eigenvalue weighted by Crippen LogP contribution is 2.58. The van der Waals surface area contributed by atoms with Crippen LogP contribution < -0.4 is 0 Å². The van der Waals surface area contributed by atoms with E-state index < -0.39 is 0 Å². The van der Waals surface area contributed by atoms with Gasteiger partial charge < -0.3 is 14.2 Å². The summed E-state index contributed by atoms with van der Waals surface area (Å²) in [4.78, 5) is 0. The highest BCUT2D eigenvalue weighted by atomic mass is 16.6. The summed E-state index contributed by atoms with van der Waals surface area (Å²) < 4.78 is 16.7. The van der Waals surface area contributed by atoms with Crippen LogP contribution in [-0.4, -0.2) is 46.4 Å². The minimum absolute atomic E-state index is 0.0578. The summed E-state index contributed by atoms with van der Waals surface area (Å²) in [5.74, 6) is 0.262. The summed E-state index contributed by atoms with van der Waals surface area (Å²) in [6.07, 6.45) is 1.01. The van der Waals surface area contributed by atoms with E-state index in [9.17, 15) is 0 Å². The Kier molecular flexibility index (Phi) is 2.65. The molecule has 2 radical (unpaired) electrons. The first-order valence-corrected chi connectivity index (χ1v) is 5.42. The van der Waals surface area contributed by atoms with Gasteiger partial charge in [-0.3, -0.25) is 0 Å². The summed E-state index contributed by atoms with van der Waals surface area (Å²) in [7, 11) is 9.44. The van der Waals surface area contributed by atoms with Gasteiger partial charge in [0.2, 0.25) is 0 Å². The highest BCUT2D eigenvalue weighted by molar-refractivity contribution is 6.11. The molecule has 1 aliphatic heterocycles. The van der Waals surface area contributed by atoms with Gasteiger partial charge in [0.25, 0.3) is 0 Å². The lowest BCUT2D eigenvalue weighted by Gasteiger charge is -2.38. The highest BCUT2D eigenvalue weighted by Gasteiger charge is 2.65. The van der Waals surface area contributed by atoms with Crippen LogP contribution >= 0.6 is 0 Å². The fourth-order valence-electron chi connectivity index (χ4n) is 3.57. The molecule has 15 heavy (non-hydrogen) atoms. The second kappa shape index (κ2) is 3.47. The van der Waals surface area contributed by atoms with Crippen LogP contribution in [0.25, 0.3) is 0 Å². The number of methoxy groups -OCH3 is 2. The van der Waals surface area contributed by atoms with Gasteiger partial charge in [0.1, 0.15) is 13.4 Å². The smallest absolute Gasteiger partial charge is 0.118 e. The van der Waals surface area contributed by atoms with Crippen LogP contribution in [0.15, 0.2) is 0 Å². The largest absolute Gasteiger partial charge is 0.382 e. The van der Waals surface area contributed by atoms with Gasteiger partial charge in [0.15, 0.2) is 0 Å². The Balaban J connectivity index is 2.31. The first-order valence-electron chi connectivity index (χ1n) is 5.42. The topological polar surface area (TPSA) is 27.7 Å². The fourth-order valence-corrected chi connectivity index (χ4v) is 3.57. The van der Waals surface area contributed by atoms with Crippen molar-refractivity contribution in [1.82, 2.24) is 0 Å². The Bertz CT molecular complexity index is 256. The standard InChI is InChI=1S/C11H19BO3/c1-10(2)5-11(6-13-3)8(14-4)7(10)9(12)15-11/h7-9H,5-6H2,1-4H3/t7?,8?,9-,11-/m1/s1. The third-order valence-electron chi connectivity index (χ3n) is 3.87. The Labute approximate surface area is 92.9 Å². The number of fused-ring (bicyclic) bond motifs is 2. The average Bonchev–Trinajstić information content (AvgIpc) is 2.48. The van der Waals surface area contributed by atoms with E-state index in [0.717, 1.165) is 6.42 Å². The maximum Gasteiger partial charge on any atom is 0.118 e. The molecule has 4 atom stereocenters. The van der Waals surface area contributed by atoms with E-state index in [2.05, 4.69) is 13.8 Å². The van der Waals surface area contributed by atoms with Gasteiger partial charge in [0.05, 0.1) is 12.7 Å². The van der Waals surface area contributed by atoms with Crippen LogP contribution in [0, 0.1) is 11.3 Å². The van der Waals surface area contributed by atoms with E-state index in [1.54, 1.807) is 14.2 Å². The molecule has 84 valence electrons. The van der Waals surface area contributed by atoms with E-state index >= 15 is 0 Å². The molecular weight excluding hydrogens is 191 g/mol. The molecule has 2 rings (SSSR count). The first kappa shape index (κ1) is 11.4. The molecule has 2 fully saturated rings. The minimum atomic E-state index is -0.336. The predicted molar refractivity (Wildman–Crippen MR) is 57.9 cm³/mol. The molecule has 3 nitrogen and oxygen atoms in total. The second-order valence-corrected chi connectivity index (χ2v) is 5.43. The number of hydrogen-bond acceptors (Lipinski definition) is 3. The fraction of sp³-hybridized carbons (Fsp3) is 1.00. The lowest BCUT2D eigenvalue weighted by Crippen LogP contribution is -2.44. The molecule has 1 saturated carbocycles. The van der Waals surface area contributed by atoms with Crippen molar-refractivity contribution in [2.45, 2.75) is 38.0 Å². The summed E-state index contributed by atoms with van der Waals surface area (Å²) in [6, 6.07) is -0.228. The summed E-state index contributed by atoms with van der Waals surface area (Å²) >= 11 is 0. The quantitative estimate of drug-likeness (QED) is 0.649. The SMILES string of the molecule is [B][C@@H]1O[C@@]2(COC)CC(C)(C)C1C2OC. The molecule has 0 aromatic rings. The second-order valence-electron chi connectivity index (χ2n) is 5.43. The molecule has 4 heteroatoms. The van der Waals surface area contributed by atoms with Crippen molar-refractivity contribution in [1.29, 1.82) is 0 Å². The monoisotopic (exact) mass is 210 g/mol. The van der Waals surface area contributed by atoms with Crippen LogP contribution in [0.3, 0.4) is 0 Å². The lowest BCUT2D eigenvalue weighted by molar-refractivity contribution is -0.127. The van der Waals surface area contributed by atoms with E-state index in [4.69, 9.17) is 22.1 Å². The molecule has 0 spiro atoms. The van der Waals surface area contributed by atoms with Crippen LogP contribution in [0.5, 0.6) is 0 Å². The van der Waals surface area contributed by atoms with E-state index in [1.165, 1.54) is 0 Å². The molecular formula is C11H19BO3. The normalized spacial score (nSPS) is 47.3. The van der Waals surface area contributed by atoms with Gasteiger partial charge >= 0.3 is 0 Å². The number of rotatable bonds is 3. The van der Waals surface area contributed by atoms with Crippen molar-refractivity contribution in [2.75, 3.05) is 20.8 Å². The Morgan fingerprint density at radius 2 is 2.07 bits per heavy atom. The molecule has 1 saturated heterocycles. The van der Waals surface area contributed by atoms with Gasteiger partial charge in [-0.05, 0) is 11.8 Å². The third-order valence-corrected chi connectivity index (χ3v) is 3.87. The Morgan fingerprint density at radius 1 is 1.40 bits per heavy atom. The molecule has 1 aliphatic carbocycles. The molecule has 0 aromatic carbocycles. The number of ether oxygens (including phenoxy) is 3. The van der Waals surface area contributed by atoms with Crippen molar-refractivity contribution >= 4 is 7.85 Å². The molecule has 0 N–H and O–H groups in total. The van der Waals surface area contributed by atoms with Gasteiger partial charge in [-0.1, -0.05) is 13.8 Å². The minimum Gasteiger partial charge on any atom is -0.382 e. The van der Waals surface area contributed by atoms with E-state index in [1.807, 2.05) is 0 Å². The van der Waals surface area contributed by atoms with Gasteiger partial charge in [-0.25, -0.2) is 0 Å². The molecule has 0 aromatic heterocycles. The summed E-state index contributed by atoms with van der Waals surface area (Å²) in [6.45, 7) is 5.01. The number of hydrogen-bond donors (Lipinski definition) is 0.